The quantitative estimate of drug-likeness (QED) is 0.0934. The van der Waals surface area contributed by atoms with Crippen LogP contribution in [0.25, 0.3) is 0 Å². The molecule has 1 spiro atoms. The number of fused-ring (bicyclic) bond motifs is 6. The average Bonchev–Trinajstić information content (AvgIpc) is 3.57. The van der Waals surface area contributed by atoms with Crippen molar-refractivity contribution in [3.63, 3.8) is 0 Å². The molecule has 3 aromatic carbocycles. The summed E-state index contributed by atoms with van der Waals surface area (Å²) >= 11 is 0. The van der Waals surface area contributed by atoms with Crippen LogP contribution in [-0.4, -0.2) is 74.9 Å². The maximum Gasteiger partial charge on any atom is 0.340 e. The Morgan fingerprint density at radius 3 is 2.10 bits per heavy atom. The largest absolute Gasteiger partial charge is 0.508 e. The predicted molar refractivity (Wildman–Crippen MR) is 178 cm³/mol. The Kier molecular flexibility index (Phi) is 9.76. The maximum atomic E-state index is 13.4. The number of phenolic OH excluding ortho intramolecular Hbond substituents is 2. The number of hydrogen-bond acceptors (Lipinski definition) is 10. The first-order valence-corrected chi connectivity index (χ1v) is 16.5. The van der Waals surface area contributed by atoms with Gasteiger partial charge in [-0.25, -0.2) is 9.59 Å². The van der Waals surface area contributed by atoms with Gasteiger partial charge in [0.1, 0.15) is 29.0 Å². The first kappa shape index (κ1) is 34.7. The molecule has 0 radical (unpaired) electrons. The van der Waals surface area contributed by atoms with Crippen molar-refractivity contribution < 1.29 is 53.6 Å². The zero-order valence-electron chi connectivity index (χ0n) is 27.3. The minimum absolute atomic E-state index is 0.0763. The number of carbonyl (C=O) groups excluding carboxylic acids is 5. The van der Waals surface area contributed by atoms with E-state index in [1.165, 1.54) is 54.6 Å². The fraction of sp³-hybridized carbons (Fsp3) is 0.297. The average molecular weight is 698 g/mol. The molecule has 3 heterocycles. The molecule has 51 heavy (non-hydrogen) atoms. The standard InChI is InChI=1S/C37H35N3O11/c41-22-9-12-25-29(19-22)50-30-20-23(42)10-13-26(30)37(25)27-18-21(8-11-24(27)36(49)51-37)34(46)39-28(35(47)48)6-3-4-16-38-31(43)7-2-1-5-17-40-32(44)14-15-33(40)45/h8-15,18-20,28,41-42H,1-7,16-17H2,(H,38,43)(H,39,46)(H,47,48). The van der Waals surface area contributed by atoms with Crippen molar-refractivity contribution in [1.82, 2.24) is 15.5 Å². The van der Waals surface area contributed by atoms with Crippen LogP contribution in [0.4, 0.5) is 0 Å². The number of ether oxygens (including phenoxy) is 2. The third-order valence-electron chi connectivity index (χ3n) is 9.07. The maximum absolute atomic E-state index is 13.4. The van der Waals surface area contributed by atoms with Gasteiger partial charge in [0, 0.05) is 66.0 Å². The number of phenols is 2. The predicted octanol–water partition coefficient (Wildman–Crippen LogP) is 3.62. The fourth-order valence-corrected chi connectivity index (χ4v) is 6.51. The van der Waals surface area contributed by atoms with E-state index < -0.39 is 29.5 Å². The van der Waals surface area contributed by atoms with Gasteiger partial charge in [-0.3, -0.25) is 24.1 Å². The summed E-state index contributed by atoms with van der Waals surface area (Å²) in [7, 11) is 0. The lowest BCUT2D eigenvalue weighted by Crippen LogP contribution is -2.41. The summed E-state index contributed by atoms with van der Waals surface area (Å²) < 4.78 is 12.0. The number of rotatable bonds is 14. The van der Waals surface area contributed by atoms with Gasteiger partial charge in [0.15, 0.2) is 5.60 Å². The molecule has 4 amide bonds. The molecule has 0 bridgehead atoms. The number of aromatic hydroxyl groups is 2. The van der Waals surface area contributed by atoms with E-state index in [1.807, 2.05) is 0 Å². The molecule has 3 aliphatic heterocycles. The molecule has 3 aromatic rings. The highest BCUT2D eigenvalue weighted by molar-refractivity contribution is 6.12. The highest BCUT2D eigenvalue weighted by atomic mass is 16.6. The molecule has 0 aliphatic carbocycles. The second-order valence-corrected chi connectivity index (χ2v) is 12.5. The highest BCUT2D eigenvalue weighted by Crippen LogP contribution is 2.57. The van der Waals surface area contributed by atoms with Crippen LogP contribution in [0, 0.1) is 0 Å². The number of nitrogens with one attached hydrogen (secondary N) is 2. The lowest BCUT2D eigenvalue weighted by molar-refractivity contribution is -0.139. The van der Waals surface area contributed by atoms with Crippen LogP contribution in [0.2, 0.25) is 0 Å². The Balaban J connectivity index is 1.05. The summed E-state index contributed by atoms with van der Waals surface area (Å²) in [4.78, 5) is 75.3. The number of amides is 4. The normalized spacial score (nSPS) is 15.5. The van der Waals surface area contributed by atoms with Crippen molar-refractivity contribution in [3.05, 3.63) is 94.6 Å². The molecular weight excluding hydrogens is 662 g/mol. The van der Waals surface area contributed by atoms with Gasteiger partial charge in [-0.05, 0) is 74.6 Å². The third kappa shape index (κ3) is 6.98. The summed E-state index contributed by atoms with van der Waals surface area (Å²) in [6, 6.07) is 11.7. The number of hydrogen-bond donors (Lipinski definition) is 5. The zero-order chi connectivity index (χ0) is 36.3. The summed E-state index contributed by atoms with van der Waals surface area (Å²) in [5, 5.41) is 35.5. The molecule has 0 aromatic heterocycles. The summed E-state index contributed by atoms with van der Waals surface area (Å²) in [6.07, 6.45) is 5.58. The fourth-order valence-electron chi connectivity index (χ4n) is 6.51. The van der Waals surface area contributed by atoms with Crippen molar-refractivity contribution in [2.75, 3.05) is 13.1 Å². The van der Waals surface area contributed by atoms with Gasteiger partial charge in [0.25, 0.3) is 17.7 Å². The molecule has 1 atom stereocenters. The van der Waals surface area contributed by atoms with Gasteiger partial charge in [0.05, 0.1) is 5.56 Å². The SMILES string of the molecule is O=C(CCCCCN1C(=O)C=CC1=O)NCCCCC(NC(=O)c1ccc2c(c1)C1(OC2=O)c2ccc(O)cc2Oc2cc(O)ccc21)C(=O)O. The molecular formula is C37H35N3O11. The van der Waals surface area contributed by atoms with E-state index in [4.69, 9.17) is 9.47 Å². The topological polar surface area (TPSA) is 209 Å². The van der Waals surface area contributed by atoms with Gasteiger partial charge in [-0.2, -0.15) is 0 Å². The molecule has 0 fully saturated rings. The van der Waals surface area contributed by atoms with Crippen LogP contribution >= 0.6 is 0 Å². The lowest BCUT2D eigenvalue weighted by Gasteiger charge is -2.36. The summed E-state index contributed by atoms with van der Waals surface area (Å²) in [6.45, 7) is 0.635. The van der Waals surface area contributed by atoms with Crippen LogP contribution in [-0.2, 0) is 29.5 Å². The number of carboxylic acids is 1. The first-order chi connectivity index (χ1) is 24.5. The van der Waals surface area contributed by atoms with Crippen LogP contribution in [0.15, 0.2) is 66.7 Å². The molecule has 6 rings (SSSR count). The van der Waals surface area contributed by atoms with Crippen molar-refractivity contribution in [1.29, 1.82) is 0 Å². The molecule has 1 unspecified atom stereocenters. The van der Waals surface area contributed by atoms with Crippen LogP contribution in [0.1, 0.15) is 82.4 Å². The molecule has 14 nitrogen and oxygen atoms in total. The van der Waals surface area contributed by atoms with E-state index in [-0.39, 0.29) is 64.7 Å². The van der Waals surface area contributed by atoms with Crippen molar-refractivity contribution >= 4 is 35.6 Å². The Bertz CT molecular complexity index is 1900. The number of aliphatic carboxylic acids is 1. The van der Waals surface area contributed by atoms with E-state index in [2.05, 4.69) is 10.6 Å². The number of carbonyl (C=O) groups is 6. The van der Waals surface area contributed by atoms with Crippen molar-refractivity contribution in [2.45, 2.75) is 56.6 Å². The lowest BCUT2D eigenvalue weighted by atomic mass is 9.77. The summed E-state index contributed by atoms with van der Waals surface area (Å²) in [5.41, 5.74) is -0.272. The van der Waals surface area contributed by atoms with Crippen LogP contribution in [0.3, 0.4) is 0 Å². The van der Waals surface area contributed by atoms with E-state index in [0.717, 1.165) is 4.90 Å². The van der Waals surface area contributed by atoms with Gasteiger partial charge in [-0.15, -0.1) is 0 Å². The third-order valence-corrected chi connectivity index (χ3v) is 9.07. The van der Waals surface area contributed by atoms with E-state index in [0.29, 0.717) is 61.9 Å². The Morgan fingerprint density at radius 1 is 0.784 bits per heavy atom. The monoisotopic (exact) mass is 697 g/mol. The van der Waals surface area contributed by atoms with Crippen molar-refractivity contribution in [3.8, 4) is 23.0 Å². The minimum atomic E-state index is -1.59. The van der Waals surface area contributed by atoms with E-state index >= 15 is 0 Å². The molecule has 3 aliphatic rings. The van der Waals surface area contributed by atoms with Crippen LogP contribution < -0.4 is 15.4 Å². The van der Waals surface area contributed by atoms with Gasteiger partial charge in [-0.1, -0.05) is 6.42 Å². The number of unbranched alkanes of at least 4 members (excludes halogenated alkanes) is 3. The number of benzene rings is 3. The van der Waals surface area contributed by atoms with Crippen LogP contribution in [0.5, 0.6) is 23.0 Å². The zero-order valence-corrected chi connectivity index (χ0v) is 27.3. The minimum Gasteiger partial charge on any atom is -0.508 e. The Morgan fingerprint density at radius 2 is 1.45 bits per heavy atom. The molecule has 5 N–H and O–H groups in total. The second-order valence-electron chi connectivity index (χ2n) is 12.5. The molecule has 0 saturated carbocycles. The smallest absolute Gasteiger partial charge is 0.340 e. The van der Waals surface area contributed by atoms with E-state index in [1.54, 1.807) is 12.1 Å². The number of carboxylic acid groups (broad SMARTS) is 1. The summed E-state index contributed by atoms with van der Waals surface area (Å²) in [5.74, 6) is -3.27. The second kappa shape index (κ2) is 14.4. The van der Waals surface area contributed by atoms with E-state index in [9.17, 15) is 44.1 Å². The Hall–Kier alpha value is -6.18. The van der Waals surface area contributed by atoms with Gasteiger partial charge < -0.3 is 35.4 Å². The first-order valence-electron chi connectivity index (χ1n) is 16.5. The Labute approximate surface area is 291 Å². The molecule has 264 valence electrons. The highest BCUT2D eigenvalue weighted by Gasteiger charge is 2.54. The molecule has 14 heteroatoms. The van der Waals surface area contributed by atoms with Gasteiger partial charge >= 0.3 is 11.9 Å². The number of esters is 1. The molecule has 0 saturated heterocycles. The van der Waals surface area contributed by atoms with Gasteiger partial charge in [0.2, 0.25) is 5.91 Å². The van der Waals surface area contributed by atoms with Crippen molar-refractivity contribution in [2.24, 2.45) is 0 Å². The number of nitrogens with zero attached hydrogens (tertiary/aromatic N) is 1. The number of imide groups is 1.